The van der Waals surface area contributed by atoms with Gasteiger partial charge in [0.1, 0.15) is 40.3 Å². The molecule has 1 unspecified atom stereocenters. The highest BCUT2D eigenvalue weighted by molar-refractivity contribution is 6.14. The van der Waals surface area contributed by atoms with Gasteiger partial charge in [-0.05, 0) is 273 Å². The van der Waals surface area contributed by atoms with E-state index in [4.69, 9.17) is 33.8 Å². The number of nitrogens with one attached hydrogen (secondary N) is 2. The van der Waals surface area contributed by atoms with Crippen molar-refractivity contribution in [2.24, 2.45) is 0 Å². The Labute approximate surface area is 831 Å². The molecule has 10 heteroatoms. The van der Waals surface area contributed by atoms with Gasteiger partial charge in [-0.1, -0.05) is 345 Å². The predicted octanol–water partition coefficient (Wildman–Crippen LogP) is 32.0. The van der Waals surface area contributed by atoms with Gasteiger partial charge in [0, 0.05) is 78.4 Å². The fourth-order valence-corrected chi connectivity index (χ4v) is 25.1. The molecule has 5 heterocycles. The number of hydrogen-bond acceptors (Lipinski definition) is 9. The van der Waals surface area contributed by atoms with E-state index in [1.54, 1.807) is 12.2 Å². The summed E-state index contributed by atoms with van der Waals surface area (Å²) in [6.07, 6.45) is 9.83. The van der Waals surface area contributed by atoms with Crippen LogP contribution in [-0.4, -0.2) is 31.2 Å². The summed E-state index contributed by atoms with van der Waals surface area (Å²) in [5.74, 6) is 7.01. The number of nitrogens with zero attached hydrogens (tertiary/aromatic N) is 4. The molecule has 0 amide bonds. The van der Waals surface area contributed by atoms with Crippen LogP contribution in [0.25, 0.3) is 107 Å². The second kappa shape index (κ2) is 32.0. The molecule has 0 saturated carbocycles. The molecule has 0 bridgehead atoms. The number of ether oxygens (including phenoxy) is 3. The average Bonchev–Trinajstić information content (AvgIpc) is 0.973. The largest absolute Gasteiger partial charge is 0.461 e. The zero-order valence-corrected chi connectivity index (χ0v) is 79.9. The molecular formula is C133H96N6O4. The second-order valence-electron chi connectivity index (χ2n) is 40.6. The first-order chi connectivity index (χ1) is 69.9. The van der Waals surface area contributed by atoms with Gasteiger partial charge in [-0.15, -0.1) is 10.2 Å². The lowest BCUT2D eigenvalue weighted by Gasteiger charge is -2.51. The Balaban J connectivity index is 0.473. The maximum absolute atomic E-state index is 9.68. The Kier molecular flexibility index (Phi) is 19.0. The SMILES string of the molecule is CC1(C)c2cc(-c3ccc(-c4nnc(-c5cccc(-c6ccc7c(c6)C(C)(C)c6ccc(-c8ccc(-c9nc%10ccccc%10n9-c9ccccc9)cc8)cc6C76c7ccccc7Oc7ccccc76)c5)o4)cc3)ccc2C2(C3=C(CCC=C3)Oc3ccccc32)c2cc(-c3cccc(C(=N)/C=C\C(=N)c4cccc(-c5ccc6c(c5)C(C)(C)c5ccccc5C65c6ccccc6Oc6ccccc65)c4)c3)ccc21. The maximum Gasteiger partial charge on any atom is 0.248 e. The van der Waals surface area contributed by atoms with Crippen LogP contribution in [0.2, 0.25) is 0 Å². The summed E-state index contributed by atoms with van der Waals surface area (Å²) in [7, 11) is 0. The van der Waals surface area contributed by atoms with E-state index in [0.717, 1.165) is 187 Å². The highest BCUT2D eigenvalue weighted by Crippen LogP contribution is 2.67. The molecule has 0 radical (unpaired) electrons. The van der Waals surface area contributed by atoms with Crippen molar-refractivity contribution in [2.45, 2.75) is 86.9 Å². The number of allylic oxidation sites excluding steroid dienone is 6. The van der Waals surface area contributed by atoms with E-state index >= 15 is 0 Å². The van der Waals surface area contributed by atoms with Crippen LogP contribution in [0.1, 0.15) is 160 Å². The number of para-hydroxylation sites is 8. The van der Waals surface area contributed by atoms with Gasteiger partial charge >= 0.3 is 0 Å². The van der Waals surface area contributed by atoms with Gasteiger partial charge in [0.05, 0.1) is 38.7 Å². The summed E-state index contributed by atoms with van der Waals surface area (Å²) in [4.78, 5) is 5.22. The summed E-state index contributed by atoms with van der Waals surface area (Å²) >= 11 is 0. The zero-order valence-electron chi connectivity index (χ0n) is 79.9. The first-order valence-electron chi connectivity index (χ1n) is 49.4. The van der Waals surface area contributed by atoms with E-state index in [1.807, 2.05) is 18.2 Å². The molecule has 20 aromatic rings. The van der Waals surface area contributed by atoms with Gasteiger partial charge in [0.25, 0.3) is 0 Å². The van der Waals surface area contributed by atoms with Gasteiger partial charge in [0.2, 0.25) is 11.8 Å². The van der Waals surface area contributed by atoms with Gasteiger partial charge < -0.3 is 29.4 Å². The quantitative estimate of drug-likeness (QED) is 0.110. The third-order valence-corrected chi connectivity index (χ3v) is 32.0. The van der Waals surface area contributed by atoms with E-state index in [0.29, 0.717) is 23.2 Å². The van der Waals surface area contributed by atoms with Crippen LogP contribution in [0.3, 0.4) is 0 Å². The third kappa shape index (κ3) is 12.7. The molecule has 143 heavy (non-hydrogen) atoms. The number of fused-ring (bicyclic) bond motifs is 24. The molecule has 3 aliphatic heterocycles. The van der Waals surface area contributed by atoms with Crippen molar-refractivity contribution in [3.8, 4) is 124 Å². The van der Waals surface area contributed by atoms with Crippen LogP contribution in [0.4, 0.5) is 0 Å². The normalized spacial score (nSPS) is 16.3. The van der Waals surface area contributed by atoms with Crippen LogP contribution in [0.15, 0.2) is 453 Å². The highest BCUT2D eigenvalue weighted by Gasteiger charge is 2.58. The smallest absolute Gasteiger partial charge is 0.248 e. The molecule has 0 saturated heterocycles. The molecule has 2 N–H and O–H groups in total. The summed E-state index contributed by atoms with van der Waals surface area (Å²) in [6, 6.07) is 149. The Hall–Kier alpha value is -17.5. The van der Waals surface area contributed by atoms with E-state index in [1.165, 1.54) is 66.8 Å². The Morgan fingerprint density at radius 1 is 0.280 bits per heavy atom. The fourth-order valence-electron chi connectivity index (χ4n) is 25.1. The minimum atomic E-state index is -0.758. The predicted molar refractivity (Wildman–Crippen MR) is 574 cm³/mol. The molecular weight excluding hydrogens is 1750 g/mol. The highest BCUT2D eigenvalue weighted by atomic mass is 16.5. The molecule has 4 aliphatic carbocycles. The number of rotatable bonds is 13. The molecule has 10 nitrogen and oxygen atoms in total. The van der Waals surface area contributed by atoms with Gasteiger partial charge in [-0.3, -0.25) is 4.57 Å². The number of benzene rings is 18. The van der Waals surface area contributed by atoms with E-state index in [2.05, 4.69) is 453 Å². The van der Waals surface area contributed by atoms with Crippen LogP contribution in [-0.2, 0) is 32.5 Å². The summed E-state index contributed by atoms with van der Waals surface area (Å²) < 4.78 is 29.6. The first kappa shape index (κ1) is 84.8. The molecule has 2 aromatic heterocycles. The van der Waals surface area contributed by atoms with Crippen molar-refractivity contribution in [3.63, 3.8) is 0 Å². The summed E-state index contributed by atoms with van der Waals surface area (Å²) in [5.41, 5.74) is 36.6. The lowest BCUT2D eigenvalue weighted by molar-refractivity contribution is 0.358. The number of aromatic nitrogens is 4. The lowest BCUT2D eigenvalue weighted by atomic mass is 9.52. The molecule has 18 aromatic carbocycles. The number of imidazole rings is 1. The third-order valence-electron chi connectivity index (χ3n) is 32.0. The molecule has 27 rings (SSSR count). The van der Waals surface area contributed by atoms with Crippen molar-refractivity contribution < 1.29 is 18.6 Å². The zero-order chi connectivity index (χ0) is 96.0. The summed E-state index contributed by atoms with van der Waals surface area (Å²) in [5, 5.41) is 28.8. The van der Waals surface area contributed by atoms with Gasteiger partial charge in [-0.25, -0.2) is 4.98 Å². The van der Waals surface area contributed by atoms with Gasteiger partial charge in [0.15, 0.2) is 0 Å². The van der Waals surface area contributed by atoms with Gasteiger partial charge in [-0.2, -0.15) is 0 Å². The van der Waals surface area contributed by atoms with Crippen LogP contribution >= 0.6 is 0 Å². The van der Waals surface area contributed by atoms with E-state index in [9.17, 15) is 10.8 Å². The Bertz CT molecular complexity index is 8810. The molecule has 0 fully saturated rings. The van der Waals surface area contributed by atoms with E-state index in [-0.39, 0.29) is 5.41 Å². The topological polar surface area (TPSA) is 132 Å². The minimum Gasteiger partial charge on any atom is -0.461 e. The number of hydrogen-bond donors (Lipinski definition) is 2. The van der Waals surface area contributed by atoms with E-state index < -0.39 is 27.1 Å². The average molecular weight is 1840 g/mol. The van der Waals surface area contributed by atoms with Crippen molar-refractivity contribution >= 4 is 22.5 Å². The van der Waals surface area contributed by atoms with Crippen molar-refractivity contribution in [1.82, 2.24) is 19.7 Å². The van der Waals surface area contributed by atoms with Crippen LogP contribution < -0.4 is 14.2 Å². The lowest BCUT2D eigenvalue weighted by Crippen LogP contribution is -2.44. The molecule has 682 valence electrons. The first-order valence-corrected chi connectivity index (χ1v) is 49.4. The Morgan fingerprint density at radius 3 is 1.13 bits per heavy atom. The van der Waals surface area contributed by atoms with Crippen molar-refractivity contribution in [2.75, 3.05) is 0 Å². The summed E-state index contributed by atoms with van der Waals surface area (Å²) in [6.45, 7) is 14.2. The van der Waals surface area contributed by atoms with Crippen molar-refractivity contribution in [3.05, 3.63) is 554 Å². The fraction of sp³-hybridized carbons (Fsp3) is 0.105. The maximum atomic E-state index is 9.68. The molecule has 7 aliphatic rings. The molecule has 3 spiro atoms. The van der Waals surface area contributed by atoms with Crippen LogP contribution in [0, 0.1) is 10.8 Å². The monoisotopic (exact) mass is 1840 g/mol. The van der Waals surface area contributed by atoms with Crippen LogP contribution in [0.5, 0.6) is 28.7 Å². The minimum absolute atomic E-state index is 0.310. The molecule has 1 atom stereocenters. The second-order valence-corrected chi connectivity index (χ2v) is 40.6. The Morgan fingerprint density at radius 2 is 0.622 bits per heavy atom. The van der Waals surface area contributed by atoms with Crippen molar-refractivity contribution in [1.29, 1.82) is 10.8 Å². The standard InChI is InChI=1S/C133H96N6O4/c1-128(2)97-37-10-11-38-100(97)131(104-39-12-20-47-119(104)140-120-48-21-13-40-105(120)131)101-69-64-90(77-111(101)128)85-29-26-32-93(73-85)115(134)71-72-116(135)94-33-27-30-86(74-94)92-62-67-99-114(80-92)133(108-43-16-24-51-123(108)142-124-52-25-17-44-109(124)133)102-68-63-88(76-110(102)129(99,3)4)82-55-59-84(60-56-82)126-137-138-127(143-126)95-34-28-31-87(75-95)91-65-70-103-112(78-91)130(5,6)98-66-61-89(79-113(98)132(103)106-41-14-22-49-121(106)141-122-50-23-15-42-107(122)132)81-53-57-83(58-54-81)125-136-117-45-18-19-46-118(117)139(125)96-35-8-7-9-36-96/h7-24,26-51,53-80,134-135H,25,52H2,1-6H3/b72-71-,134-115?,135-116?.